The van der Waals surface area contributed by atoms with E-state index in [-0.39, 0.29) is 17.9 Å². The first-order valence-corrected chi connectivity index (χ1v) is 7.97. The van der Waals surface area contributed by atoms with E-state index in [1.54, 1.807) is 11.0 Å². The molecule has 1 aromatic carbocycles. The first-order valence-electron chi connectivity index (χ1n) is 7.97. The summed E-state index contributed by atoms with van der Waals surface area (Å²) >= 11 is 0. The molecule has 4 rings (SSSR count). The van der Waals surface area contributed by atoms with Crippen LogP contribution in [-0.2, 0) is 0 Å². The van der Waals surface area contributed by atoms with Gasteiger partial charge in [0, 0.05) is 47.5 Å². The summed E-state index contributed by atoms with van der Waals surface area (Å²) < 4.78 is 15.3. The summed E-state index contributed by atoms with van der Waals surface area (Å²) in [6.45, 7) is 1.31. The highest BCUT2D eigenvalue weighted by Crippen LogP contribution is 2.30. The Balaban J connectivity index is 1.57. The molecule has 7 heteroatoms. The SMILES string of the molecule is NC(=O)N1CCC(n2cc(-c3c[nH]c4cc(F)ccc34)cn2)CC1. The van der Waals surface area contributed by atoms with Gasteiger partial charge < -0.3 is 15.6 Å². The monoisotopic (exact) mass is 327 g/mol. The molecule has 2 aromatic heterocycles. The normalized spacial score (nSPS) is 16.0. The zero-order chi connectivity index (χ0) is 16.7. The molecule has 1 aliphatic heterocycles. The van der Waals surface area contributed by atoms with Crippen molar-refractivity contribution in [3.63, 3.8) is 0 Å². The third kappa shape index (κ3) is 2.51. The van der Waals surface area contributed by atoms with Gasteiger partial charge in [0.1, 0.15) is 5.82 Å². The molecule has 3 aromatic rings. The number of rotatable bonds is 2. The molecule has 24 heavy (non-hydrogen) atoms. The number of nitrogens with two attached hydrogens (primary N) is 1. The van der Waals surface area contributed by atoms with E-state index in [9.17, 15) is 9.18 Å². The Bertz CT molecular complexity index is 891. The van der Waals surface area contributed by atoms with Gasteiger partial charge in [-0.2, -0.15) is 5.10 Å². The van der Waals surface area contributed by atoms with Gasteiger partial charge in [-0.3, -0.25) is 4.68 Å². The van der Waals surface area contributed by atoms with Crippen LogP contribution >= 0.6 is 0 Å². The molecule has 124 valence electrons. The molecule has 1 aliphatic rings. The van der Waals surface area contributed by atoms with Gasteiger partial charge in [0.15, 0.2) is 0 Å². The Morgan fingerprint density at radius 1 is 1.33 bits per heavy atom. The van der Waals surface area contributed by atoms with Crippen molar-refractivity contribution in [2.24, 2.45) is 5.73 Å². The molecule has 6 nitrogen and oxygen atoms in total. The predicted octanol–water partition coefficient (Wildman–Crippen LogP) is 2.89. The average Bonchev–Trinajstić information content (AvgIpc) is 3.21. The third-order valence-corrected chi connectivity index (χ3v) is 4.71. The van der Waals surface area contributed by atoms with Crippen LogP contribution in [0.2, 0.25) is 0 Å². The first-order chi connectivity index (χ1) is 11.6. The first kappa shape index (κ1) is 14.7. The van der Waals surface area contributed by atoms with Crippen molar-refractivity contribution in [3.05, 3.63) is 42.6 Å². The van der Waals surface area contributed by atoms with E-state index in [4.69, 9.17) is 5.73 Å². The van der Waals surface area contributed by atoms with E-state index in [0.717, 1.165) is 34.9 Å². The summed E-state index contributed by atoms with van der Waals surface area (Å²) in [4.78, 5) is 16.0. The lowest BCUT2D eigenvalue weighted by atomic mass is 10.1. The third-order valence-electron chi connectivity index (χ3n) is 4.71. The number of halogens is 1. The molecule has 0 unspecified atom stereocenters. The zero-order valence-electron chi connectivity index (χ0n) is 13.1. The fourth-order valence-electron chi connectivity index (χ4n) is 3.36. The lowest BCUT2D eigenvalue weighted by Gasteiger charge is -2.30. The second-order valence-electron chi connectivity index (χ2n) is 6.16. The molecule has 3 heterocycles. The minimum Gasteiger partial charge on any atom is -0.360 e. The Labute approximate surface area is 138 Å². The number of fused-ring (bicyclic) bond motifs is 1. The quantitative estimate of drug-likeness (QED) is 0.759. The number of aromatic nitrogens is 3. The van der Waals surface area contributed by atoms with Crippen molar-refractivity contribution in [2.45, 2.75) is 18.9 Å². The summed E-state index contributed by atoms with van der Waals surface area (Å²) in [5.74, 6) is -0.257. The fraction of sp³-hybridized carbons (Fsp3) is 0.294. The van der Waals surface area contributed by atoms with Gasteiger partial charge in [-0.15, -0.1) is 0 Å². The summed E-state index contributed by atoms with van der Waals surface area (Å²) in [7, 11) is 0. The van der Waals surface area contributed by atoms with Gasteiger partial charge in [0.2, 0.25) is 0 Å². The minimum atomic E-state index is -0.361. The molecule has 1 fully saturated rings. The van der Waals surface area contributed by atoms with Crippen LogP contribution in [0.3, 0.4) is 0 Å². The maximum absolute atomic E-state index is 13.3. The molecule has 0 aliphatic carbocycles. The van der Waals surface area contributed by atoms with Gasteiger partial charge in [0.05, 0.1) is 12.2 Å². The smallest absolute Gasteiger partial charge is 0.314 e. The van der Waals surface area contributed by atoms with Gasteiger partial charge in [-0.05, 0) is 31.0 Å². The maximum Gasteiger partial charge on any atom is 0.314 e. The number of primary amides is 1. The van der Waals surface area contributed by atoms with Crippen LogP contribution in [0.15, 0.2) is 36.8 Å². The van der Waals surface area contributed by atoms with Crippen molar-refractivity contribution >= 4 is 16.9 Å². The van der Waals surface area contributed by atoms with Gasteiger partial charge in [-0.1, -0.05) is 0 Å². The number of H-pyrrole nitrogens is 1. The van der Waals surface area contributed by atoms with E-state index in [1.165, 1.54) is 12.1 Å². The Hall–Kier alpha value is -2.83. The van der Waals surface area contributed by atoms with E-state index in [2.05, 4.69) is 10.1 Å². The predicted molar refractivity (Wildman–Crippen MR) is 88.9 cm³/mol. The van der Waals surface area contributed by atoms with Gasteiger partial charge in [0.25, 0.3) is 0 Å². The minimum absolute atomic E-state index is 0.257. The van der Waals surface area contributed by atoms with Crippen molar-refractivity contribution in [1.29, 1.82) is 0 Å². The lowest BCUT2D eigenvalue weighted by molar-refractivity contribution is 0.177. The Morgan fingerprint density at radius 2 is 2.12 bits per heavy atom. The van der Waals surface area contributed by atoms with Crippen molar-refractivity contribution in [2.75, 3.05) is 13.1 Å². The number of amides is 2. The number of carbonyl (C=O) groups excluding carboxylic acids is 1. The van der Waals surface area contributed by atoms with E-state index >= 15 is 0 Å². The van der Waals surface area contributed by atoms with Crippen LogP contribution in [0.4, 0.5) is 9.18 Å². The second-order valence-corrected chi connectivity index (χ2v) is 6.16. The van der Waals surface area contributed by atoms with Crippen molar-refractivity contribution in [1.82, 2.24) is 19.7 Å². The molecule has 3 N–H and O–H groups in total. The van der Waals surface area contributed by atoms with Crippen LogP contribution in [0.5, 0.6) is 0 Å². The molecule has 0 atom stereocenters. The molecule has 0 saturated carbocycles. The number of aromatic amines is 1. The molecular weight excluding hydrogens is 309 g/mol. The number of likely N-dealkylation sites (tertiary alicyclic amines) is 1. The van der Waals surface area contributed by atoms with Crippen LogP contribution in [0.25, 0.3) is 22.0 Å². The Kier molecular flexibility index (Phi) is 3.48. The number of hydrogen-bond acceptors (Lipinski definition) is 2. The number of urea groups is 1. The molecule has 0 bridgehead atoms. The Morgan fingerprint density at radius 3 is 2.88 bits per heavy atom. The summed E-state index contributed by atoms with van der Waals surface area (Å²) in [5.41, 5.74) is 8.08. The van der Waals surface area contributed by atoms with Crippen LogP contribution < -0.4 is 5.73 Å². The topological polar surface area (TPSA) is 79.9 Å². The van der Waals surface area contributed by atoms with Gasteiger partial charge in [-0.25, -0.2) is 9.18 Å². The maximum atomic E-state index is 13.3. The lowest BCUT2D eigenvalue weighted by Crippen LogP contribution is -2.42. The number of nitrogens with one attached hydrogen (secondary N) is 1. The standard InChI is InChI=1S/C17H18FN5O/c18-12-1-2-14-15(9-20-16(14)7-12)11-8-21-23(10-11)13-3-5-22(6-4-13)17(19)24/h1-2,7-10,13,20H,3-6H2,(H2,19,24). The van der Waals surface area contributed by atoms with Gasteiger partial charge >= 0.3 is 6.03 Å². The molecule has 2 amide bonds. The summed E-state index contributed by atoms with van der Waals surface area (Å²) in [6.07, 6.45) is 7.39. The molecule has 1 saturated heterocycles. The highest BCUT2D eigenvalue weighted by atomic mass is 19.1. The van der Waals surface area contributed by atoms with Crippen LogP contribution in [0, 0.1) is 5.82 Å². The molecule has 0 radical (unpaired) electrons. The zero-order valence-corrected chi connectivity index (χ0v) is 13.1. The molecular formula is C17H18FN5O. The molecule has 0 spiro atoms. The van der Waals surface area contributed by atoms with E-state index < -0.39 is 0 Å². The summed E-state index contributed by atoms with van der Waals surface area (Å²) in [6, 6.07) is 4.63. The van der Waals surface area contributed by atoms with Crippen molar-refractivity contribution < 1.29 is 9.18 Å². The van der Waals surface area contributed by atoms with E-state index in [0.29, 0.717) is 13.1 Å². The highest BCUT2D eigenvalue weighted by molar-refractivity contribution is 5.95. The van der Waals surface area contributed by atoms with Crippen molar-refractivity contribution in [3.8, 4) is 11.1 Å². The number of nitrogens with zero attached hydrogens (tertiary/aromatic N) is 3. The van der Waals surface area contributed by atoms with Crippen LogP contribution in [0.1, 0.15) is 18.9 Å². The second kappa shape index (κ2) is 5.67. The summed E-state index contributed by atoms with van der Waals surface area (Å²) in [5, 5.41) is 5.46. The number of benzene rings is 1. The fourth-order valence-corrected chi connectivity index (χ4v) is 3.36. The number of piperidine rings is 1. The highest BCUT2D eigenvalue weighted by Gasteiger charge is 2.23. The van der Waals surface area contributed by atoms with E-state index in [1.807, 2.05) is 23.3 Å². The van der Waals surface area contributed by atoms with Crippen LogP contribution in [-0.4, -0.2) is 38.8 Å². The number of hydrogen-bond donors (Lipinski definition) is 2. The number of carbonyl (C=O) groups is 1. The average molecular weight is 327 g/mol. The largest absolute Gasteiger partial charge is 0.360 e.